The zero-order chi connectivity index (χ0) is 15.2. The number of rotatable bonds is 5. The number of nitrogen functional groups attached to an aromatic ring is 1. The molecule has 3 N–H and O–H groups in total. The van der Waals surface area contributed by atoms with Gasteiger partial charge in [0.1, 0.15) is 12.0 Å². The van der Waals surface area contributed by atoms with Gasteiger partial charge in [-0.15, -0.1) is 0 Å². The third-order valence-electron chi connectivity index (χ3n) is 3.18. The van der Waals surface area contributed by atoms with E-state index in [1.807, 2.05) is 0 Å². The Morgan fingerprint density at radius 1 is 1.52 bits per heavy atom. The normalized spacial score (nSPS) is 15.6. The van der Waals surface area contributed by atoms with E-state index in [1.54, 1.807) is 0 Å². The summed E-state index contributed by atoms with van der Waals surface area (Å²) in [5, 5.41) is 13.4. The van der Waals surface area contributed by atoms with Crippen molar-refractivity contribution in [3.8, 4) is 0 Å². The lowest BCUT2D eigenvalue weighted by molar-refractivity contribution is -0.385. The minimum Gasteiger partial charge on any atom is -0.383 e. The largest absolute Gasteiger partial charge is 0.383 e. The number of nitrogens with zero attached hydrogens (tertiary/aromatic N) is 3. The molecule has 114 valence electrons. The Kier molecular flexibility index (Phi) is 5.01. The smallest absolute Gasteiger partial charge is 0.288 e. The Morgan fingerprint density at radius 2 is 2.24 bits per heavy atom. The standard InChI is InChI=1S/C12H17N5O4/c13-11-10(7-9(8-15-11)17(19)20)12(18)14-1-2-16-3-5-21-6-4-16/h7-8H,1-6H2,(H2,13,15)(H,14,18). The molecule has 1 amide bonds. The second-order valence-electron chi connectivity index (χ2n) is 4.59. The van der Waals surface area contributed by atoms with Crippen molar-refractivity contribution in [2.24, 2.45) is 0 Å². The number of carbonyl (C=O) groups is 1. The van der Waals surface area contributed by atoms with Crippen LogP contribution in [0.1, 0.15) is 10.4 Å². The van der Waals surface area contributed by atoms with Gasteiger partial charge in [0.05, 0.1) is 23.7 Å². The van der Waals surface area contributed by atoms with E-state index in [9.17, 15) is 14.9 Å². The summed E-state index contributed by atoms with van der Waals surface area (Å²) in [6, 6.07) is 1.13. The monoisotopic (exact) mass is 295 g/mol. The van der Waals surface area contributed by atoms with Crippen molar-refractivity contribution in [1.82, 2.24) is 15.2 Å². The number of nitrogens with two attached hydrogens (primary N) is 1. The van der Waals surface area contributed by atoms with E-state index in [0.717, 1.165) is 25.4 Å². The fraction of sp³-hybridized carbons (Fsp3) is 0.500. The number of amides is 1. The summed E-state index contributed by atoms with van der Waals surface area (Å²) in [6.45, 7) is 4.16. The van der Waals surface area contributed by atoms with Crippen LogP contribution in [0.3, 0.4) is 0 Å². The first-order valence-corrected chi connectivity index (χ1v) is 6.56. The molecule has 1 aliphatic rings. The van der Waals surface area contributed by atoms with Crippen LogP contribution >= 0.6 is 0 Å². The number of ether oxygens (including phenoxy) is 1. The molecule has 2 heterocycles. The Labute approximate surface area is 121 Å². The van der Waals surface area contributed by atoms with E-state index in [2.05, 4.69) is 15.2 Å². The summed E-state index contributed by atoms with van der Waals surface area (Å²) in [7, 11) is 0. The lowest BCUT2D eigenvalue weighted by Gasteiger charge is -2.26. The average Bonchev–Trinajstić information content (AvgIpc) is 2.48. The highest BCUT2D eigenvalue weighted by molar-refractivity contribution is 5.98. The summed E-state index contributed by atoms with van der Waals surface area (Å²) in [6.07, 6.45) is 1.03. The van der Waals surface area contributed by atoms with Gasteiger partial charge in [0.25, 0.3) is 11.6 Å². The van der Waals surface area contributed by atoms with Crippen LogP contribution in [0.5, 0.6) is 0 Å². The number of nitro groups is 1. The SMILES string of the molecule is Nc1ncc([N+](=O)[O-])cc1C(=O)NCCN1CCOCC1. The van der Waals surface area contributed by atoms with Crippen LogP contribution in [0.2, 0.25) is 0 Å². The van der Waals surface area contributed by atoms with Gasteiger partial charge in [-0.1, -0.05) is 0 Å². The molecule has 1 saturated heterocycles. The molecular weight excluding hydrogens is 278 g/mol. The van der Waals surface area contributed by atoms with Crippen molar-refractivity contribution < 1.29 is 14.5 Å². The first-order valence-electron chi connectivity index (χ1n) is 6.56. The van der Waals surface area contributed by atoms with E-state index < -0.39 is 10.8 Å². The molecule has 0 aromatic carbocycles. The van der Waals surface area contributed by atoms with Gasteiger partial charge in [0, 0.05) is 32.2 Å². The second-order valence-corrected chi connectivity index (χ2v) is 4.59. The number of aromatic nitrogens is 1. The number of pyridine rings is 1. The maximum Gasteiger partial charge on any atom is 0.288 e. The van der Waals surface area contributed by atoms with Crippen LogP contribution < -0.4 is 11.1 Å². The summed E-state index contributed by atoms with van der Waals surface area (Å²) < 4.78 is 5.23. The molecule has 21 heavy (non-hydrogen) atoms. The summed E-state index contributed by atoms with van der Waals surface area (Å²) >= 11 is 0. The van der Waals surface area contributed by atoms with Crippen LogP contribution in [0.25, 0.3) is 0 Å². The molecule has 1 aromatic rings. The van der Waals surface area contributed by atoms with Gasteiger partial charge >= 0.3 is 0 Å². The first kappa shape index (κ1) is 15.1. The molecular formula is C12H17N5O4. The number of anilines is 1. The number of hydrogen-bond donors (Lipinski definition) is 2. The lowest BCUT2D eigenvalue weighted by Crippen LogP contribution is -2.41. The van der Waals surface area contributed by atoms with Crippen LogP contribution in [-0.2, 0) is 4.74 Å². The predicted octanol–water partition coefficient (Wildman–Crippen LogP) is -0.366. The molecule has 1 aliphatic heterocycles. The van der Waals surface area contributed by atoms with Crippen LogP contribution in [0.15, 0.2) is 12.3 Å². The van der Waals surface area contributed by atoms with Crippen molar-refractivity contribution in [2.45, 2.75) is 0 Å². The molecule has 2 rings (SSSR count). The number of carbonyl (C=O) groups excluding carboxylic acids is 1. The maximum absolute atomic E-state index is 12.0. The highest BCUT2D eigenvalue weighted by Crippen LogP contribution is 2.16. The Morgan fingerprint density at radius 3 is 2.90 bits per heavy atom. The summed E-state index contributed by atoms with van der Waals surface area (Å²) in [5.41, 5.74) is 5.34. The molecule has 1 aromatic heterocycles. The van der Waals surface area contributed by atoms with Crippen molar-refractivity contribution in [3.63, 3.8) is 0 Å². The zero-order valence-corrected chi connectivity index (χ0v) is 11.4. The van der Waals surface area contributed by atoms with Crippen molar-refractivity contribution in [3.05, 3.63) is 27.9 Å². The topological polar surface area (TPSA) is 124 Å². The number of nitrogens with one attached hydrogen (secondary N) is 1. The van der Waals surface area contributed by atoms with Crippen molar-refractivity contribution in [1.29, 1.82) is 0 Å². The molecule has 0 bridgehead atoms. The molecule has 0 saturated carbocycles. The molecule has 0 radical (unpaired) electrons. The molecule has 0 aliphatic carbocycles. The fourth-order valence-electron chi connectivity index (χ4n) is 1.99. The average molecular weight is 295 g/mol. The van der Waals surface area contributed by atoms with Crippen molar-refractivity contribution >= 4 is 17.4 Å². The molecule has 9 heteroatoms. The molecule has 9 nitrogen and oxygen atoms in total. The molecule has 1 fully saturated rings. The fourth-order valence-corrected chi connectivity index (χ4v) is 1.99. The van der Waals surface area contributed by atoms with Gasteiger partial charge in [-0.25, -0.2) is 4.98 Å². The first-order chi connectivity index (χ1) is 10.1. The van der Waals surface area contributed by atoms with Gasteiger partial charge in [0.2, 0.25) is 0 Å². The van der Waals surface area contributed by atoms with Crippen LogP contribution in [0.4, 0.5) is 11.5 Å². The van der Waals surface area contributed by atoms with E-state index in [0.29, 0.717) is 26.3 Å². The molecule has 0 atom stereocenters. The third-order valence-corrected chi connectivity index (χ3v) is 3.18. The van der Waals surface area contributed by atoms with Crippen LogP contribution in [-0.4, -0.2) is 60.1 Å². The number of hydrogen-bond acceptors (Lipinski definition) is 7. The van der Waals surface area contributed by atoms with E-state index >= 15 is 0 Å². The van der Waals surface area contributed by atoms with Gasteiger partial charge in [-0.2, -0.15) is 0 Å². The zero-order valence-electron chi connectivity index (χ0n) is 11.4. The summed E-state index contributed by atoms with van der Waals surface area (Å²) in [5.74, 6) is -0.485. The second kappa shape index (κ2) is 6.95. The Hall–Kier alpha value is -2.26. The van der Waals surface area contributed by atoms with Gasteiger partial charge < -0.3 is 15.8 Å². The molecule has 0 spiro atoms. The molecule has 0 unspecified atom stereocenters. The summed E-state index contributed by atoms with van der Waals surface area (Å²) in [4.78, 5) is 27.9. The van der Waals surface area contributed by atoms with Gasteiger partial charge in [0.15, 0.2) is 0 Å². The predicted molar refractivity (Wildman–Crippen MR) is 74.9 cm³/mol. The van der Waals surface area contributed by atoms with Gasteiger partial charge in [-0.05, 0) is 0 Å². The van der Waals surface area contributed by atoms with E-state index in [1.165, 1.54) is 0 Å². The third kappa shape index (κ3) is 4.10. The minimum atomic E-state index is -0.614. The van der Waals surface area contributed by atoms with E-state index in [-0.39, 0.29) is 17.1 Å². The van der Waals surface area contributed by atoms with Gasteiger partial charge in [-0.3, -0.25) is 19.8 Å². The minimum absolute atomic E-state index is 0.0196. The number of morpholine rings is 1. The quantitative estimate of drug-likeness (QED) is 0.561. The Balaban J connectivity index is 1.90. The highest BCUT2D eigenvalue weighted by atomic mass is 16.6. The Bertz CT molecular complexity index is 530. The lowest BCUT2D eigenvalue weighted by atomic mass is 10.2. The highest BCUT2D eigenvalue weighted by Gasteiger charge is 2.17. The maximum atomic E-state index is 12.0. The van der Waals surface area contributed by atoms with E-state index in [4.69, 9.17) is 10.5 Å². The van der Waals surface area contributed by atoms with Crippen LogP contribution in [0, 0.1) is 10.1 Å². The van der Waals surface area contributed by atoms with Crippen molar-refractivity contribution in [2.75, 3.05) is 45.1 Å².